The third-order valence-corrected chi connectivity index (χ3v) is 7.59. The Morgan fingerprint density at radius 2 is 0.923 bits per heavy atom. The normalized spacial score (nSPS) is 10.3. The van der Waals surface area contributed by atoms with Gasteiger partial charge in [0.1, 0.15) is 0 Å². The molecule has 72 valence electrons. The van der Waals surface area contributed by atoms with E-state index in [2.05, 4.69) is 95.9 Å². The van der Waals surface area contributed by atoms with Crippen LogP contribution in [-0.2, 0) is 0 Å². The van der Waals surface area contributed by atoms with E-state index in [4.69, 9.17) is 3.83 Å². The van der Waals surface area contributed by atoms with Crippen LogP contribution in [-0.4, -0.2) is 0 Å². The fraction of sp³-hybridized carbons (Fsp3) is 0. The fourth-order valence-corrected chi connectivity index (χ4v) is 4.58. The van der Waals surface area contributed by atoms with Crippen LogP contribution in [0.25, 0.3) is 0 Å². The van der Waals surface area contributed by atoms with E-state index in [1.54, 1.807) is 0 Å². The number of hydrogen-bond donors (Lipinski definition) is 0. The van der Waals surface area contributed by atoms with Crippen LogP contribution < -0.4 is 3.83 Å². The van der Waals surface area contributed by atoms with E-state index in [0.29, 0.717) is 5.75 Å². The zero-order valence-electron chi connectivity index (χ0n) is 5.68. The Morgan fingerprint density at radius 3 is 1.23 bits per heavy atom. The highest BCUT2D eigenvalue weighted by molar-refractivity contribution is 9.15. The molecule has 0 heterocycles. The fourth-order valence-electron chi connectivity index (χ4n) is 0.652. The summed E-state index contributed by atoms with van der Waals surface area (Å²) in [6.45, 7) is 0. The van der Waals surface area contributed by atoms with E-state index in [0.717, 1.165) is 22.4 Å². The highest BCUT2D eigenvalue weighted by atomic mass is 79.9. The monoisotopic (exact) mass is 562 g/mol. The van der Waals surface area contributed by atoms with Crippen molar-refractivity contribution < 1.29 is 3.83 Å². The molecule has 0 radical (unpaired) electrons. The summed E-state index contributed by atoms with van der Waals surface area (Å²) in [5, 5.41) is 0. The molecule has 0 aromatic heterocycles. The molecule has 1 aromatic rings. The van der Waals surface area contributed by atoms with Crippen LogP contribution in [0.3, 0.4) is 0 Å². The lowest BCUT2D eigenvalue weighted by atomic mass is 10.3. The third-order valence-electron chi connectivity index (χ3n) is 1.25. The van der Waals surface area contributed by atoms with Gasteiger partial charge in [0.25, 0.3) is 0 Å². The van der Waals surface area contributed by atoms with Crippen LogP contribution in [0.1, 0.15) is 0 Å². The van der Waals surface area contributed by atoms with Gasteiger partial charge in [-0.25, -0.2) is 0 Å². The Hall–Kier alpha value is 1.90. The maximum absolute atomic E-state index is 5.03. The Morgan fingerprint density at radius 1 is 0.615 bits per heavy atom. The molecular formula is C6Br6O. The summed E-state index contributed by atoms with van der Waals surface area (Å²) in [5.74, 6) is 0.668. The molecule has 0 saturated heterocycles. The molecule has 1 rings (SSSR count). The predicted molar refractivity (Wildman–Crippen MR) is 74.5 cm³/mol. The van der Waals surface area contributed by atoms with Gasteiger partial charge in [-0.1, -0.05) is 0 Å². The smallest absolute Gasteiger partial charge is 0.179 e. The first-order valence-electron chi connectivity index (χ1n) is 2.80. The van der Waals surface area contributed by atoms with E-state index < -0.39 is 0 Å². The first kappa shape index (κ1) is 13.0. The molecule has 13 heavy (non-hydrogen) atoms. The van der Waals surface area contributed by atoms with Crippen molar-refractivity contribution in [3.63, 3.8) is 0 Å². The Labute approximate surface area is 126 Å². The van der Waals surface area contributed by atoms with Gasteiger partial charge in [-0.15, -0.1) is 0 Å². The Kier molecular flexibility index (Phi) is 5.28. The van der Waals surface area contributed by atoms with E-state index in [-0.39, 0.29) is 0 Å². The molecule has 0 saturated carbocycles. The van der Waals surface area contributed by atoms with Gasteiger partial charge < -0.3 is 3.83 Å². The number of benzene rings is 1. The summed E-state index contributed by atoms with van der Waals surface area (Å²) in [4.78, 5) is 0. The lowest BCUT2D eigenvalue weighted by molar-refractivity contribution is 0.666. The van der Waals surface area contributed by atoms with Gasteiger partial charge in [-0.2, -0.15) is 0 Å². The molecular weight excluding hydrogens is 567 g/mol. The second-order valence-electron chi connectivity index (χ2n) is 1.98. The van der Waals surface area contributed by atoms with Gasteiger partial charge in [-0.05, 0) is 79.6 Å². The van der Waals surface area contributed by atoms with Crippen molar-refractivity contribution in [3.05, 3.63) is 22.4 Å². The second kappa shape index (κ2) is 5.30. The van der Waals surface area contributed by atoms with Crippen molar-refractivity contribution in [2.24, 2.45) is 0 Å². The summed E-state index contributed by atoms with van der Waals surface area (Å²) in [7, 11) is 0. The zero-order chi connectivity index (χ0) is 10.2. The lowest BCUT2D eigenvalue weighted by Crippen LogP contribution is -1.85. The molecule has 0 spiro atoms. The lowest BCUT2D eigenvalue weighted by Gasteiger charge is -2.10. The van der Waals surface area contributed by atoms with Crippen LogP contribution in [0.2, 0.25) is 0 Å². The van der Waals surface area contributed by atoms with Crippen molar-refractivity contribution in [3.8, 4) is 5.75 Å². The number of rotatable bonds is 1. The van der Waals surface area contributed by atoms with Crippen molar-refractivity contribution >= 4 is 95.9 Å². The van der Waals surface area contributed by atoms with Gasteiger partial charge in [0.15, 0.2) is 22.0 Å². The molecule has 0 aliphatic rings. The molecule has 1 nitrogen and oxygen atoms in total. The molecule has 0 atom stereocenters. The van der Waals surface area contributed by atoms with E-state index in [1.165, 1.54) is 0 Å². The maximum atomic E-state index is 5.03. The van der Waals surface area contributed by atoms with Crippen molar-refractivity contribution in [1.82, 2.24) is 0 Å². The van der Waals surface area contributed by atoms with E-state index in [1.807, 2.05) is 0 Å². The molecule has 0 fully saturated rings. The van der Waals surface area contributed by atoms with Crippen LogP contribution in [0.4, 0.5) is 0 Å². The van der Waals surface area contributed by atoms with Gasteiger partial charge in [0.2, 0.25) is 0 Å². The van der Waals surface area contributed by atoms with Crippen LogP contribution >= 0.6 is 95.9 Å². The predicted octanol–water partition coefficient (Wildman–Crippen LogP) is 6.19. The standard InChI is InChI=1S/C6Br6O/c7-1-2(8)4(10)6(13-12)5(11)3(1)9. The highest BCUT2D eigenvalue weighted by Crippen LogP contribution is 2.48. The minimum absolute atomic E-state index is 0.668. The van der Waals surface area contributed by atoms with E-state index >= 15 is 0 Å². The largest absolute Gasteiger partial charge is 0.416 e. The second-order valence-corrected chi connectivity index (χ2v) is 6.26. The van der Waals surface area contributed by atoms with Gasteiger partial charge in [0, 0.05) is 4.47 Å². The average Bonchev–Trinajstić information content (AvgIpc) is 2.13. The molecule has 0 amide bonds. The molecule has 0 unspecified atom stereocenters. The highest BCUT2D eigenvalue weighted by Gasteiger charge is 2.18. The van der Waals surface area contributed by atoms with Gasteiger partial charge in [-0.3, -0.25) is 0 Å². The van der Waals surface area contributed by atoms with Crippen molar-refractivity contribution in [2.45, 2.75) is 0 Å². The molecule has 1 aromatic carbocycles. The van der Waals surface area contributed by atoms with E-state index in [9.17, 15) is 0 Å². The topological polar surface area (TPSA) is 9.23 Å². The molecule has 0 bridgehead atoms. The minimum Gasteiger partial charge on any atom is -0.416 e. The first-order chi connectivity index (χ1) is 6.00. The molecule has 7 heteroatoms. The SMILES string of the molecule is BrOc1c(Br)c(Br)c(Br)c(Br)c1Br. The molecule has 0 aliphatic carbocycles. The first-order valence-corrected chi connectivity index (χ1v) is 7.42. The number of halogens is 6. The number of hydrogen-bond acceptors (Lipinski definition) is 1. The summed E-state index contributed by atoms with van der Waals surface area (Å²) in [5.41, 5.74) is 0. The Balaban J connectivity index is 3.56. The average molecular weight is 567 g/mol. The van der Waals surface area contributed by atoms with Crippen molar-refractivity contribution in [1.29, 1.82) is 0 Å². The zero-order valence-corrected chi connectivity index (χ0v) is 15.2. The van der Waals surface area contributed by atoms with Crippen LogP contribution in [0, 0.1) is 0 Å². The summed E-state index contributed by atoms with van der Waals surface area (Å²) < 4.78 is 9.37. The van der Waals surface area contributed by atoms with Crippen LogP contribution in [0.5, 0.6) is 5.75 Å². The maximum Gasteiger partial charge on any atom is 0.179 e. The third kappa shape index (κ3) is 2.53. The summed E-state index contributed by atoms with van der Waals surface area (Å²) in [6.07, 6.45) is 0. The quantitative estimate of drug-likeness (QED) is 0.291. The van der Waals surface area contributed by atoms with Crippen molar-refractivity contribution in [2.75, 3.05) is 0 Å². The minimum atomic E-state index is 0.668. The van der Waals surface area contributed by atoms with Gasteiger partial charge >= 0.3 is 0 Å². The summed E-state index contributed by atoms with van der Waals surface area (Å²) in [6, 6.07) is 0. The van der Waals surface area contributed by atoms with Gasteiger partial charge in [0.05, 0.1) is 17.9 Å². The van der Waals surface area contributed by atoms with Crippen LogP contribution in [0.15, 0.2) is 22.4 Å². The molecule has 0 N–H and O–H groups in total. The summed E-state index contributed by atoms with van der Waals surface area (Å²) >= 11 is 20.0. The Bertz CT molecular complexity index is 320. The molecule has 0 aliphatic heterocycles.